The molecule has 0 aromatic carbocycles. The minimum absolute atomic E-state index is 0.0869. The van der Waals surface area contributed by atoms with E-state index in [0.29, 0.717) is 6.61 Å². The first-order valence-corrected chi connectivity index (χ1v) is 4.29. The quantitative estimate of drug-likeness (QED) is 0.315. The number of hydrogen-bond acceptors (Lipinski definition) is 4. The van der Waals surface area contributed by atoms with Crippen molar-refractivity contribution in [2.24, 2.45) is 0 Å². The van der Waals surface area contributed by atoms with Crippen LogP contribution in [0.4, 0.5) is 0 Å². The number of hydrogen-bond donors (Lipinski definition) is 1. The molecule has 0 saturated carbocycles. The molecule has 0 radical (unpaired) electrons. The zero-order valence-electron chi connectivity index (χ0n) is 8.32. The summed E-state index contributed by atoms with van der Waals surface area (Å²) in [5.41, 5.74) is 0. The molecule has 0 aliphatic rings. The van der Waals surface area contributed by atoms with Gasteiger partial charge < -0.3 is 9.84 Å². The van der Waals surface area contributed by atoms with E-state index in [-0.39, 0.29) is 23.9 Å². The summed E-state index contributed by atoms with van der Waals surface area (Å²) in [7, 11) is 0. The van der Waals surface area contributed by atoms with E-state index < -0.39 is 0 Å². The molecule has 0 rings (SSSR count). The van der Waals surface area contributed by atoms with Crippen LogP contribution in [0.5, 0.6) is 0 Å². The highest BCUT2D eigenvalue weighted by molar-refractivity contribution is 5.88. The molecular formula is C10H14O4. The zero-order valence-corrected chi connectivity index (χ0v) is 8.32. The molecule has 0 heterocycles. The second kappa shape index (κ2) is 6.88. The van der Waals surface area contributed by atoms with Gasteiger partial charge in [0.05, 0.1) is 13.0 Å². The number of allylic oxidation sites excluding steroid dienone is 2. The molecule has 0 atom stereocenters. The molecule has 0 bridgehead atoms. The smallest absolute Gasteiger partial charge is 0.309 e. The lowest BCUT2D eigenvalue weighted by Crippen LogP contribution is -2.01. The number of esters is 1. The largest absolute Gasteiger partial charge is 0.508 e. The highest BCUT2D eigenvalue weighted by Gasteiger charge is 1.96. The summed E-state index contributed by atoms with van der Waals surface area (Å²) in [5.74, 6) is -0.774. The van der Waals surface area contributed by atoms with Crippen molar-refractivity contribution in [1.29, 1.82) is 0 Å². The zero-order chi connectivity index (χ0) is 11.0. The van der Waals surface area contributed by atoms with Crippen LogP contribution in [-0.4, -0.2) is 23.5 Å². The predicted molar refractivity (Wildman–Crippen MR) is 51.8 cm³/mol. The summed E-state index contributed by atoms with van der Waals surface area (Å²) in [6, 6.07) is 0. The average Bonchev–Trinajstić information content (AvgIpc) is 2.02. The van der Waals surface area contributed by atoms with E-state index in [9.17, 15) is 9.59 Å². The topological polar surface area (TPSA) is 63.6 Å². The Hall–Kier alpha value is -1.58. The third-order valence-corrected chi connectivity index (χ3v) is 1.23. The Balaban J connectivity index is 3.94. The maximum atomic E-state index is 10.8. The Morgan fingerprint density at radius 1 is 1.43 bits per heavy atom. The number of aliphatic hydroxyl groups is 1. The van der Waals surface area contributed by atoms with Crippen molar-refractivity contribution in [2.75, 3.05) is 6.61 Å². The van der Waals surface area contributed by atoms with Crippen molar-refractivity contribution in [3.63, 3.8) is 0 Å². The molecular weight excluding hydrogens is 184 g/mol. The lowest BCUT2D eigenvalue weighted by molar-refractivity contribution is -0.142. The molecule has 4 heteroatoms. The van der Waals surface area contributed by atoms with E-state index in [0.717, 1.165) is 6.08 Å². The molecule has 14 heavy (non-hydrogen) atoms. The summed E-state index contributed by atoms with van der Waals surface area (Å²) >= 11 is 0. The van der Waals surface area contributed by atoms with Crippen molar-refractivity contribution in [1.82, 2.24) is 0 Å². The van der Waals surface area contributed by atoms with Gasteiger partial charge in [0, 0.05) is 6.08 Å². The third-order valence-electron chi connectivity index (χ3n) is 1.23. The third kappa shape index (κ3) is 7.09. The van der Waals surface area contributed by atoms with Gasteiger partial charge in [0.25, 0.3) is 0 Å². The minimum Gasteiger partial charge on any atom is -0.508 e. The van der Waals surface area contributed by atoms with Gasteiger partial charge in [-0.15, -0.1) is 0 Å². The second-order valence-corrected chi connectivity index (χ2v) is 2.59. The van der Waals surface area contributed by atoms with Crippen molar-refractivity contribution in [2.45, 2.75) is 20.3 Å². The van der Waals surface area contributed by atoms with E-state index in [4.69, 9.17) is 5.11 Å². The number of ketones is 1. The van der Waals surface area contributed by atoms with Gasteiger partial charge in [-0.2, -0.15) is 0 Å². The van der Waals surface area contributed by atoms with Gasteiger partial charge in [-0.05, 0) is 19.9 Å². The SMILES string of the molecule is CCOC(=O)C/C=C/C(O)=C/C(C)=O. The van der Waals surface area contributed by atoms with Crippen LogP contribution in [0, 0.1) is 0 Å². The van der Waals surface area contributed by atoms with Gasteiger partial charge in [-0.25, -0.2) is 0 Å². The molecule has 0 aromatic rings. The lowest BCUT2D eigenvalue weighted by atomic mass is 10.3. The van der Waals surface area contributed by atoms with E-state index in [2.05, 4.69) is 4.74 Å². The van der Waals surface area contributed by atoms with Crippen molar-refractivity contribution >= 4 is 11.8 Å². The average molecular weight is 198 g/mol. The maximum absolute atomic E-state index is 10.8. The summed E-state index contributed by atoms with van der Waals surface area (Å²) in [6.07, 6.45) is 3.89. The molecule has 1 N–H and O–H groups in total. The standard InChI is InChI=1S/C10H14O4/c1-3-14-10(13)6-4-5-9(12)7-8(2)11/h4-5,7,12H,3,6H2,1-2H3/b5-4+,9-7-. The van der Waals surface area contributed by atoms with Crippen LogP contribution in [0.25, 0.3) is 0 Å². The summed E-state index contributed by atoms with van der Waals surface area (Å²) in [5, 5.41) is 9.06. The molecule has 4 nitrogen and oxygen atoms in total. The second-order valence-electron chi connectivity index (χ2n) is 2.59. The molecule has 0 aromatic heterocycles. The fourth-order valence-electron chi connectivity index (χ4n) is 0.752. The van der Waals surface area contributed by atoms with Crippen LogP contribution in [0.2, 0.25) is 0 Å². The van der Waals surface area contributed by atoms with E-state index in [1.54, 1.807) is 6.92 Å². The monoisotopic (exact) mass is 198 g/mol. The van der Waals surface area contributed by atoms with E-state index in [1.807, 2.05) is 0 Å². The fourth-order valence-corrected chi connectivity index (χ4v) is 0.752. The Kier molecular flexibility index (Phi) is 6.11. The van der Waals surface area contributed by atoms with Crippen molar-refractivity contribution in [3.8, 4) is 0 Å². The van der Waals surface area contributed by atoms with Gasteiger partial charge in [0.15, 0.2) is 5.78 Å². The molecule has 78 valence electrons. The van der Waals surface area contributed by atoms with Crippen LogP contribution in [0.1, 0.15) is 20.3 Å². The number of aliphatic hydroxyl groups excluding tert-OH is 1. The molecule has 0 spiro atoms. The van der Waals surface area contributed by atoms with Gasteiger partial charge in [-0.3, -0.25) is 9.59 Å². The minimum atomic E-state index is -0.362. The van der Waals surface area contributed by atoms with Gasteiger partial charge in [0.1, 0.15) is 5.76 Å². The van der Waals surface area contributed by atoms with Gasteiger partial charge >= 0.3 is 5.97 Å². The molecule has 0 aliphatic carbocycles. The predicted octanol–water partition coefficient (Wildman–Crippen LogP) is 1.53. The van der Waals surface area contributed by atoms with E-state index in [1.165, 1.54) is 19.1 Å². The highest BCUT2D eigenvalue weighted by Crippen LogP contribution is 1.95. The molecule has 0 saturated heterocycles. The maximum Gasteiger partial charge on any atom is 0.309 e. The van der Waals surface area contributed by atoms with Crippen LogP contribution < -0.4 is 0 Å². The lowest BCUT2D eigenvalue weighted by Gasteiger charge is -1.96. The van der Waals surface area contributed by atoms with Crippen LogP contribution >= 0.6 is 0 Å². The van der Waals surface area contributed by atoms with Crippen molar-refractivity contribution in [3.05, 3.63) is 24.0 Å². The highest BCUT2D eigenvalue weighted by atomic mass is 16.5. The summed E-state index contributed by atoms with van der Waals surface area (Å²) in [4.78, 5) is 21.3. The number of carbonyl (C=O) groups excluding carboxylic acids is 2. The summed E-state index contributed by atoms with van der Waals surface area (Å²) < 4.78 is 4.65. The van der Waals surface area contributed by atoms with E-state index >= 15 is 0 Å². The van der Waals surface area contributed by atoms with Crippen molar-refractivity contribution < 1.29 is 19.4 Å². The number of carbonyl (C=O) groups is 2. The van der Waals surface area contributed by atoms with Crippen LogP contribution in [-0.2, 0) is 14.3 Å². The first-order chi connectivity index (χ1) is 6.56. The Bertz CT molecular complexity index is 263. The molecule has 0 fully saturated rings. The Morgan fingerprint density at radius 2 is 2.07 bits per heavy atom. The fraction of sp³-hybridized carbons (Fsp3) is 0.400. The van der Waals surface area contributed by atoms with Gasteiger partial charge in [-0.1, -0.05) is 6.08 Å². The first-order valence-electron chi connectivity index (χ1n) is 4.29. The molecule has 0 aliphatic heterocycles. The number of rotatable bonds is 5. The van der Waals surface area contributed by atoms with Gasteiger partial charge in [0.2, 0.25) is 0 Å². The normalized spacial score (nSPS) is 11.7. The Labute approximate surface area is 82.9 Å². The summed E-state index contributed by atoms with van der Waals surface area (Å²) in [6.45, 7) is 3.38. The first kappa shape index (κ1) is 12.4. The molecule has 0 unspecified atom stereocenters. The number of ether oxygens (including phenoxy) is 1. The molecule has 0 amide bonds. The Morgan fingerprint density at radius 3 is 2.57 bits per heavy atom. The van der Waals surface area contributed by atoms with Crippen LogP contribution in [0.15, 0.2) is 24.0 Å². The van der Waals surface area contributed by atoms with Crippen LogP contribution in [0.3, 0.4) is 0 Å².